The molecule has 1 fully saturated rings. The van der Waals surface area contributed by atoms with E-state index in [2.05, 4.69) is 26.2 Å². The fraction of sp³-hybridized carbons (Fsp3) is 0.429. The van der Waals surface area contributed by atoms with Crippen LogP contribution in [-0.4, -0.2) is 29.9 Å². The van der Waals surface area contributed by atoms with Crippen LogP contribution >= 0.6 is 15.9 Å². The molecule has 154 valence electrons. The van der Waals surface area contributed by atoms with E-state index >= 15 is 0 Å². The van der Waals surface area contributed by atoms with E-state index in [9.17, 15) is 18.0 Å². The smallest absolute Gasteiger partial charge is 0.258 e. The average molecular weight is 468 g/mol. The molecule has 0 bridgehead atoms. The van der Waals surface area contributed by atoms with E-state index in [0.717, 1.165) is 24.0 Å². The van der Waals surface area contributed by atoms with Gasteiger partial charge in [-0.15, -0.1) is 0 Å². The molecular weight excluding hydrogens is 447 g/mol. The Kier molecular flexibility index (Phi) is 5.31. The van der Waals surface area contributed by atoms with E-state index < -0.39 is 17.6 Å². The first-order chi connectivity index (χ1) is 13.7. The minimum Gasteiger partial charge on any atom is -0.356 e. The largest absolute Gasteiger partial charge is 0.356 e. The van der Waals surface area contributed by atoms with Crippen molar-refractivity contribution in [3.8, 4) is 0 Å². The Hall–Kier alpha value is -2.09. The van der Waals surface area contributed by atoms with Gasteiger partial charge in [0.05, 0.1) is 5.56 Å². The van der Waals surface area contributed by atoms with Crippen molar-refractivity contribution in [2.24, 2.45) is 0 Å². The van der Waals surface area contributed by atoms with Gasteiger partial charge in [-0.3, -0.25) is 4.79 Å². The van der Waals surface area contributed by atoms with Gasteiger partial charge < -0.3 is 10.2 Å². The van der Waals surface area contributed by atoms with E-state index in [1.54, 1.807) is 24.0 Å². The summed E-state index contributed by atoms with van der Waals surface area (Å²) < 4.78 is 42.2. The van der Waals surface area contributed by atoms with Crippen LogP contribution in [0.15, 0.2) is 22.7 Å². The normalized spacial score (nSPS) is 17.9. The Morgan fingerprint density at radius 2 is 1.86 bits per heavy atom. The number of hydrogen-bond donors (Lipinski definition) is 1. The maximum atomic E-state index is 14.6. The molecule has 1 aliphatic carbocycles. The standard InChI is InChI=1S/C21H21BrF3N3O/c1-12-9-13(10-18(26-12)28-7-5-21(24,25)6-8-28)27-20(29)19-15-4-2-3-14(15)16(22)11-17(19)23/h9-11H,2-8H2,1H3,(H,26,27,29). The molecule has 1 N–H and O–H groups in total. The molecule has 0 spiro atoms. The first-order valence-corrected chi connectivity index (χ1v) is 10.5. The van der Waals surface area contributed by atoms with Gasteiger partial charge in [-0.2, -0.15) is 0 Å². The predicted molar refractivity (Wildman–Crippen MR) is 109 cm³/mol. The predicted octanol–water partition coefficient (Wildman–Crippen LogP) is 5.27. The molecule has 4 nitrogen and oxygen atoms in total. The number of nitrogens with one attached hydrogen (secondary N) is 1. The number of nitrogens with zero attached hydrogens (tertiary/aromatic N) is 2. The molecule has 0 radical (unpaired) electrons. The number of piperidine rings is 1. The third-order valence-electron chi connectivity index (χ3n) is 5.54. The van der Waals surface area contributed by atoms with Gasteiger partial charge in [-0.1, -0.05) is 15.9 Å². The number of rotatable bonds is 3. The summed E-state index contributed by atoms with van der Waals surface area (Å²) in [6.07, 6.45) is 1.92. The lowest BCUT2D eigenvalue weighted by Gasteiger charge is -2.32. The highest BCUT2D eigenvalue weighted by molar-refractivity contribution is 9.10. The average Bonchev–Trinajstić information content (AvgIpc) is 3.11. The Morgan fingerprint density at radius 1 is 1.17 bits per heavy atom. The van der Waals surface area contributed by atoms with Crippen LogP contribution < -0.4 is 10.2 Å². The van der Waals surface area contributed by atoms with Crippen LogP contribution in [-0.2, 0) is 12.8 Å². The Balaban J connectivity index is 1.59. The summed E-state index contributed by atoms with van der Waals surface area (Å²) >= 11 is 3.38. The maximum absolute atomic E-state index is 14.6. The number of pyridine rings is 1. The first-order valence-electron chi connectivity index (χ1n) is 9.66. The SMILES string of the molecule is Cc1cc(NC(=O)c2c(F)cc(Br)c3c2CCC3)cc(N2CCC(F)(F)CC2)n1. The molecule has 29 heavy (non-hydrogen) atoms. The molecular formula is C21H21BrF3N3O. The van der Waals surface area contributed by atoms with Crippen molar-refractivity contribution < 1.29 is 18.0 Å². The van der Waals surface area contributed by atoms with Crippen LogP contribution in [0.3, 0.4) is 0 Å². The molecule has 2 heterocycles. The molecule has 0 saturated carbocycles. The number of benzene rings is 1. The molecule has 1 saturated heterocycles. The van der Waals surface area contributed by atoms with Gasteiger partial charge in [-0.25, -0.2) is 18.2 Å². The van der Waals surface area contributed by atoms with Gasteiger partial charge in [0.1, 0.15) is 11.6 Å². The number of aryl methyl sites for hydroxylation is 1. The number of aromatic nitrogens is 1. The van der Waals surface area contributed by atoms with Crippen molar-refractivity contribution in [2.45, 2.75) is 45.0 Å². The molecule has 2 aromatic rings. The van der Waals surface area contributed by atoms with Gasteiger partial charge in [-0.05, 0) is 49.4 Å². The topological polar surface area (TPSA) is 45.2 Å². The van der Waals surface area contributed by atoms with Crippen LogP contribution in [0, 0.1) is 12.7 Å². The van der Waals surface area contributed by atoms with Crippen molar-refractivity contribution in [1.82, 2.24) is 4.98 Å². The number of fused-ring (bicyclic) bond motifs is 1. The zero-order chi connectivity index (χ0) is 20.8. The lowest BCUT2D eigenvalue weighted by Crippen LogP contribution is -2.39. The summed E-state index contributed by atoms with van der Waals surface area (Å²) in [7, 11) is 0. The molecule has 1 aromatic carbocycles. The van der Waals surface area contributed by atoms with E-state index in [1.807, 2.05) is 0 Å². The fourth-order valence-electron chi connectivity index (χ4n) is 4.09. The number of halogens is 4. The summed E-state index contributed by atoms with van der Waals surface area (Å²) in [6, 6.07) is 4.69. The third kappa shape index (κ3) is 4.13. The highest BCUT2D eigenvalue weighted by Gasteiger charge is 2.34. The van der Waals surface area contributed by atoms with Gasteiger partial charge >= 0.3 is 0 Å². The molecule has 0 unspecified atom stereocenters. The van der Waals surface area contributed by atoms with Crippen molar-refractivity contribution in [1.29, 1.82) is 0 Å². The van der Waals surface area contributed by atoms with Gasteiger partial charge in [0.15, 0.2) is 0 Å². The van der Waals surface area contributed by atoms with Crippen LogP contribution in [0.2, 0.25) is 0 Å². The number of carbonyl (C=O) groups excluding carboxylic acids is 1. The van der Waals surface area contributed by atoms with E-state index in [-0.39, 0.29) is 31.5 Å². The Labute approximate surface area is 175 Å². The maximum Gasteiger partial charge on any atom is 0.258 e. The molecule has 1 aliphatic heterocycles. The van der Waals surface area contributed by atoms with Crippen LogP contribution in [0.4, 0.5) is 24.7 Å². The first kappa shape index (κ1) is 20.2. The number of amides is 1. The summed E-state index contributed by atoms with van der Waals surface area (Å²) in [4.78, 5) is 19.1. The molecule has 0 atom stereocenters. The Morgan fingerprint density at radius 3 is 2.59 bits per heavy atom. The fourth-order valence-corrected chi connectivity index (χ4v) is 4.72. The van der Waals surface area contributed by atoms with E-state index in [4.69, 9.17) is 0 Å². The second-order valence-corrected chi connectivity index (χ2v) is 8.53. The second-order valence-electron chi connectivity index (χ2n) is 7.68. The van der Waals surface area contributed by atoms with Crippen molar-refractivity contribution in [2.75, 3.05) is 23.3 Å². The highest BCUT2D eigenvalue weighted by atomic mass is 79.9. The number of anilines is 2. The molecule has 1 amide bonds. The zero-order valence-electron chi connectivity index (χ0n) is 16.0. The summed E-state index contributed by atoms with van der Waals surface area (Å²) in [6.45, 7) is 2.17. The number of alkyl halides is 2. The third-order valence-corrected chi connectivity index (χ3v) is 6.25. The molecule has 8 heteroatoms. The van der Waals surface area contributed by atoms with Crippen LogP contribution in [0.5, 0.6) is 0 Å². The molecule has 1 aromatic heterocycles. The van der Waals surface area contributed by atoms with Gasteiger partial charge in [0.2, 0.25) is 0 Å². The van der Waals surface area contributed by atoms with E-state index in [1.165, 1.54) is 6.07 Å². The van der Waals surface area contributed by atoms with E-state index in [0.29, 0.717) is 28.1 Å². The number of carbonyl (C=O) groups is 1. The number of hydrogen-bond acceptors (Lipinski definition) is 3. The Bertz CT molecular complexity index is 970. The van der Waals surface area contributed by atoms with Gasteiger partial charge in [0.25, 0.3) is 11.8 Å². The minimum absolute atomic E-state index is 0.0781. The van der Waals surface area contributed by atoms with Crippen molar-refractivity contribution >= 4 is 33.3 Å². The second kappa shape index (κ2) is 7.63. The monoisotopic (exact) mass is 467 g/mol. The quantitative estimate of drug-likeness (QED) is 0.668. The van der Waals surface area contributed by atoms with Crippen molar-refractivity contribution in [3.63, 3.8) is 0 Å². The van der Waals surface area contributed by atoms with Gasteiger partial charge in [0, 0.05) is 47.9 Å². The van der Waals surface area contributed by atoms with Crippen LogP contribution in [0.1, 0.15) is 46.4 Å². The summed E-state index contributed by atoms with van der Waals surface area (Å²) in [5.41, 5.74) is 2.94. The lowest BCUT2D eigenvalue weighted by atomic mass is 10.0. The highest BCUT2D eigenvalue weighted by Crippen LogP contribution is 2.34. The zero-order valence-corrected chi connectivity index (χ0v) is 17.6. The van der Waals surface area contributed by atoms with Crippen molar-refractivity contribution in [3.05, 3.63) is 50.9 Å². The molecule has 4 rings (SSSR count). The lowest BCUT2D eigenvalue weighted by molar-refractivity contribution is -0.0221. The summed E-state index contributed by atoms with van der Waals surface area (Å²) in [5, 5.41) is 2.78. The summed E-state index contributed by atoms with van der Waals surface area (Å²) in [5.74, 6) is -3.16. The molecule has 2 aliphatic rings. The van der Waals surface area contributed by atoms with Crippen LogP contribution in [0.25, 0.3) is 0 Å². The minimum atomic E-state index is -2.64.